The average Bonchev–Trinajstić information content (AvgIpc) is 2.38. The van der Waals surface area contributed by atoms with Crippen molar-refractivity contribution in [1.82, 2.24) is 0 Å². The van der Waals surface area contributed by atoms with E-state index in [1.807, 2.05) is 0 Å². The van der Waals surface area contributed by atoms with Crippen LogP contribution in [0.25, 0.3) is 0 Å². The van der Waals surface area contributed by atoms with Gasteiger partial charge in [-0.25, -0.2) is 0 Å². The Kier molecular flexibility index (Phi) is 7.44. The molecule has 1 fully saturated rings. The first-order valence-electron chi connectivity index (χ1n) is 6.16. The molecule has 1 atom stereocenters. The highest BCUT2D eigenvalue weighted by Gasteiger charge is 2.22. The van der Waals surface area contributed by atoms with Crippen LogP contribution < -0.4 is 0 Å². The van der Waals surface area contributed by atoms with Gasteiger partial charge in [0.25, 0.3) is 0 Å². The molecule has 0 heterocycles. The standard InChI is InChI=1S/C12H18Cl2O4/c13-7-10(18-12(16)8-14)6-11(15)17-9-4-2-1-3-5-9/h9-10H,1-8H2. The lowest BCUT2D eigenvalue weighted by molar-refractivity contribution is -0.156. The second-order valence-corrected chi connectivity index (χ2v) is 4.93. The summed E-state index contributed by atoms with van der Waals surface area (Å²) in [6, 6.07) is 0. The minimum absolute atomic E-state index is 0.00551. The van der Waals surface area contributed by atoms with Gasteiger partial charge in [-0.2, -0.15) is 0 Å². The fraction of sp³-hybridized carbons (Fsp3) is 0.833. The Bertz CT molecular complexity index is 277. The van der Waals surface area contributed by atoms with Crippen LogP contribution in [0.1, 0.15) is 38.5 Å². The van der Waals surface area contributed by atoms with Crippen molar-refractivity contribution in [2.45, 2.75) is 50.7 Å². The van der Waals surface area contributed by atoms with Gasteiger partial charge in [-0.1, -0.05) is 6.42 Å². The number of carbonyl (C=O) groups excluding carboxylic acids is 2. The van der Waals surface area contributed by atoms with Crippen LogP contribution >= 0.6 is 23.2 Å². The first-order valence-corrected chi connectivity index (χ1v) is 7.23. The summed E-state index contributed by atoms with van der Waals surface area (Å²) in [5.41, 5.74) is 0. The molecule has 0 saturated heterocycles. The van der Waals surface area contributed by atoms with E-state index < -0.39 is 12.1 Å². The summed E-state index contributed by atoms with van der Waals surface area (Å²) in [7, 11) is 0. The number of hydrogen-bond donors (Lipinski definition) is 0. The van der Waals surface area contributed by atoms with Crippen molar-refractivity contribution in [3.8, 4) is 0 Å². The zero-order valence-electron chi connectivity index (χ0n) is 10.2. The van der Waals surface area contributed by atoms with E-state index >= 15 is 0 Å². The van der Waals surface area contributed by atoms with Crippen molar-refractivity contribution in [3.05, 3.63) is 0 Å². The number of alkyl halides is 2. The maximum atomic E-state index is 11.6. The first kappa shape index (κ1) is 15.6. The van der Waals surface area contributed by atoms with Crippen LogP contribution in [0.3, 0.4) is 0 Å². The zero-order chi connectivity index (χ0) is 13.4. The van der Waals surface area contributed by atoms with E-state index in [0.29, 0.717) is 0 Å². The third kappa shape index (κ3) is 5.91. The molecule has 6 heteroatoms. The highest BCUT2D eigenvalue weighted by molar-refractivity contribution is 6.26. The SMILES string of the molecule is O=C(CC(CCl)OC(=O)CCl)OC1CCCCC1. The number of carbonyl (C=O) groups is 2. The van der Waals surface area contributed by atoms with E-state index in [0.717, 1.165) is 25.7 Å². The van der Waals surface area contributed by atoms with Gasteiger partial charge in [0.15, 0.2) is 0 Å². The van der Waals surface area contributed by atoms with Gasteiger partial charge in [0, 0.05) is 0 Å². The lowest BCUT2D eigenvalue weighted by Crippen LogP contribution is -2.28. The summed E-state index contributed by atoms with van der Waals surface area (Å²) < 4.78 is 10.2. The summed E-state index contributed by atoms with van der Waals surface area (Å²) in [6.45, 7) is 0. The summed E-state index contributed by atoms with van der Waals surface area (Å²) in [4.78, 5) is 22.6. The lowest BCUT2D eigenvalue weighted by atomic mass is 9.98. The third-order valence-electron chi connectivity index (χ3n) is 2.82. The molecule has 0 amide bonds. The maximum absolute atomic E-state index is 11.6. The van der Waals surface area contributed by atoms with E-state index in [1.54, 1.807) is 0 Å². The minimum atomic E-state index is -0.658. The van der Waals surface area contributed by atoms with Crippen molar-refractivity contribution in [1.29, 1.82) is 0 Å². The topological polar surface area (TPSA) is 52.6 Å². The molecule has 1 aliphatic carbocycles. The molecule has 1 unspecified atom stereocenters. The monoisotopic (exact) mass is 296 g/mol. The summed E-state index contributed by atoms with van der Waals surface area (Å²) in [5, 5.41) is 0. The van der Waals surface area contributed by atoms with Crippen molar-refractivity contribution in [3.63, 3.8) is 0 Å². The van der Waals surface area contributed by atoms with Gasteiger partial charge in [0.05, 0.1) is 12.3 Å². The van der Waals surface area contributed by atoms with Gasteiger partial charge < -0.3 is 9.47 Å². The van der Waals surface area contributed by atoms with Crippen LogP contribution in [-0.4, -0.2) is 35.9 Å². The van der Waals surface area contributed by atoms with E-state index in [9.17, 15) is 9.59 Å². The van der Waals surface area contributed by atoms with Gasteiger partial charge in [0.1, 0.15) is 18.1 Å². The molecule has 1 rings (SSSR count). The van der Waals surface area contributed by atoms with Crippen molar-refractivity contribution >= 4 is 35.1 Å². The molecule has 1 aliphatic rings. The molecule has 1 saturated carbocycles. The number of halogens is 2. The van der Waals surface area contributed by atoms with Gasteiger partial charge in [-0.3, -0.25) is 9.59 Å². The number of rotatable bonds is 6. The number of esters is 2. The fourth-order valence-electron chi connectivity index (χ4n) is 1.95. The van der Waals surface area contributed by atoms with Gasteiger partial charge in [0.2, 0.25) is 0 Å². The zero-order valence-corrected chi connectivity index (χ0v) is 11.7. The van der Waals surface area contributed by atoms with Crippen LogP contribution in [0.5, 0.6) is 0 Å². The Hall–Kier alpha value is -0.480. The number of ether oxygens (including phenoxy) is 2. The molecule has 0 radical (unpaired) electrons. The Morgan fingerprint density at radius 1 is 1.11 bits per heavy atom. The Morgan fingerprint density at radius 3 is 2.33 bits per heavy atom. The Labute approximate surface area is 117 Å². The molecular weight excluding hydrogens is 279 g/mol. The summed E-state index contributed by atoms with van der Waals surface area (Å²) in [5.74, 6) is -1.13. The molecular formula is C12H18Cl2O4. The molecule has 18 heavy (non-hydrogen) atoms. The normalized spacial score (nSPS) is 18.1. The van der Waals surface area contributed by atoms with E-state index in [2.05, 4.69) is 0 Å². The molecule has 0 aromatic heterocycles. The molecule has 0 spiro atoms. The smallest absolute Gasteiger partial charge is 0.321 e. The molecule has 104 valence electrons. The molecule has 0 N–H and O–H groups in total. The van der Waals surface area contributed by atoms with Crippen LogP contribution in [0.15, 0.2) is 0 Å². The third-order valence-corrected chi connectivity index (χ3v) is 3.39. The van der Waals surface area contributed by atoms with E-state index in [-0.39, 0.29) is 30.3 Å². The average molecular weight is 297 g/mol. The lowest BCUT2D eigenvalue weighted by Gasteiger charge is -2.22. The van der Waals surface area contributed by atoms with Crippen LogP contribution in [0, 0.1) is 0 Å². The highest BCUT2D eigenvalue weighted by Crippen LogP contribution is 2.21. The largest absolute Gasteiger partial charge is 0.462 e. The van der Waals surface area contributed by atoms with Crippen LogP contribution in [0.4, 0.5) is 0 Å². The maximum Gasteiger partial charge on any atom is 0.321 e. The second-order valence-electron chi connectivity index (χ2n) is 4.35. The Morgan fingerprint density at radius 2 is 1.78 bits per heavy atom. The molecule has 0 aromatic carbocycles. The first-order chi connectivity index (χ1) is 8.65. The Balaban J connectivity index is 2.29. The quantitative estimate of drug-likeness (QED) is 0.558. The summed E-state index contributed by atoms with van der Waals surface area (Å²) >= 11 is 10.9. The number of hydrogen-bond acceptors (Lipinski definition) is 4. The highest BCUT2D eigenvalue weighted by atomic mass is 35.5. The van der Waals surface area contributed by atoms with Gasteiger partial charge >= 0.3 is 11.9 Å². The van der Waals surface area contributed by atoms with E-state index in [1.165, 1.54) is 6.42 Å². The van der Waals surface area contributed by atoms with Crippen molar-refractivity contribution < 1.29 is 19.1 Å². The molecule has 0 aliphatic heterocycles. The van der Waals surface area contributed by atoms with Crippen LogP contribution in [0.2, 0.25) is 0 Å². The second kappa shape index (κ2) is 8.59. The molecule has 0 bridgehead atoms. The van der Waals surface area contributed by atoms with Gasteiger partial charge in [-0.05, 0) is 25.7 Å². The molecule has 0 aromatic rings. The molecule has 4 nitrogen and oxygen atoms in total. The van der Waals surface area contributed by atoms with Crippen molar-refractivity contribution in [2.75, 3.05) is 11.8 Å². The van der Waals surface area contributed by atoms with E-state index in [4.69, 9.17) is 32.7 Å². The van der Waals surface area contributed by atoms with Crippen molar-refractivity contribution in [2.24, 2.45) is 0 Å². The predicted molar refractivity (Wildman–Crippen MR) is 68.9 cm³/mol. The predicted octanol–water partition coefficient (Wildman–Crippen LogP) is 2.64. The van der Waals surface area contributed by atoms with Crippen LogP contribution in [-0.2, 0) is 19.1 Å². The minimum Gasteiger partial charge on any atom is -0.462 e. The summed E-state index contributed by atoms with van der Waals surface area (Å²) in [6.07, 6.45) is 4.56. The fourth-order valence-corrected chi connectivity index (χ4v) is 2.18. The van der Waals surface area contributed by atoms with Gasteiger partial charge in [-0.15, -0.1) is 23.2 Å².